The molecule has 8 heteroatoms. The minimum absolute atomic E-state index is 0.0518. The predicted octanol–water partition coefficient (Wildman–Crippen LogP) is 0.442. The highest BCUT2D eigenvalue weighted by molar-refractivity contribution is 6.09. The average Bonchev–Trinajstić information content (AvgIpc) is 2.96. The minimum Gasteiger partial charge on any atom is -0.497 e. The van der Waals surface area contributed by atoms with Crippen LogP contribution in [0.15, 0.2) is 39.9 Å². The second-order valence-electron chi connectivity index (χ2n) is 5.86. The van der Waals surface area contributed by atoms with Crippen LogP contribution in [0.1, 0.15) is 23.0 Å². The highest BCUT2D eigenvalue weighted by Gasteiger charge is 2.38. The predicted molar refractivity (Wildman–Crippen MR) is 91.5 cm³/mol. The number of nitrogens with zero attached hydrogens (tertiary/aromatic N) is 2. The molecule has 136 valence electrons. The van der Waals surface area contributed by atoms with Crippen molar-refractivity contribution in [3.8, 4) is 5.75 Å². The van der Waals surface area contributed by atoms with Crippen molar-refractivity contribution in [1.82, 2.24) is 9.13 Å². The SMILES string of the molecule is CCOC(=O)C1Cn2c(cc(=O)n(Cc3ccc(OC)cc3)c2=O)C1=O. The molecule has 3 rings (SSSR count). The number of carbonyl (C=O) groups excluding carboxylic acids is 2. The molecule has 8 nitrogen and oxygen atoms in total. The van der Waals surface area contributed by atoms with Gasteiger partial charge < -0.3 is 9.47 Å². The van der Waals surface area contributed by atoms with E-state index < -0.39 is 28.9 Å². The van der Waals surface area contributed by atoms with Gasteiger partial charge in [0.1, 0.15) is 11.7 Å². The van der Waals surface area contributed by atoms with Crippen molar-refractivity contribution in [3.05, 3.63) is 62.4 Å². The zero-order valence-corrected chi connectivity index (χ0v) is 14.4. The van der Waals surface area contributed by atoms with Gasteiger partial charge >= 0.3 is 11.7 Å². The summed E-state index contributed by atoms with van der Waals surface area (Å²) in [6.45, 7) is 1.71. The number of methoxy groups -OCH3 is 1. The van der Waals surface area contributed by atoms with Crippen LogP contribution in [0.5, 0.6) is 5.75 Å². The topological polar surface area (TPSA) is 96.6 Å². The molecule has 0 amide bonds. The van der Waals surface area contributed by atoms with Crippen molar-refractivity contribution in [3.63, 3.8) is 0 Å². The first kappa shape index (κ1) is 17.7. The molecule has 0 bridgehead atoms. The van der Waals surface area contributed by atoms with Gasteiger partial charge in [0, 0.05) is 12.6 Å². The fraction of sp³-hybridized carbons (Fsp3) is 0.333. The van der Waals surface area contributed by atoms with E-state index in [0.29, 0.717) is 5.75 Å². The summed E-state index contributed by atoms with van der Waals surface area (Å²) in [5.41, 5.74) is -0.528. The summed E-state index contributed by atoms with van der Waals surface area (Å²) in [5, 5.41) is 0. The quantitative estimate of drug-likeness (QED) is 0.568. The summed E-state index contributed by atoms with van der Waals surface area (Å²) < 4.78 is 12.1. The number of hydrogen-bond donors (Lipinski definition) is 0. The highest BCUT2D eigenvalue weighted by Crippen LogP contribution is 2.19. The van der Waals surface area contributed by atoms with Crippen LogP contribution in [0.3, 0.4) is 0 Å². The number of hydrogen-bond acceptors (Lipinski definition) is 6. The first-order valence-corrected chi connectivity index (χ1v) is 8.14. The van der Waals surface area contributed by atoms with Crippen molar-refractivity contribution in [2.45, 2.75) is 20.0 Å². The summed E-state index contributed by atoms with van der Waals surface area (Å²) >= 11 is 0. The summed E-state index contributed by atoms with van der Waals surface area (Å²) in [4.78, 5) is 49.2. The number of aromatic nitrogens is 2. The number of rotatable bonds is 5. The van der Waals surface area contributed by atoms with Crippen LogP contribution >= 0.6 is 0 Å². The fourth-order valence-corrected chi connectivity index (χ4v) is 2.92. The third-order valence-corrected chi connectivity index (χ3v) is 4.28. The maximum atomic E-state index is 12.7. The molecule has 0 radical (unpaired) electrons. The smallest absolute Gasteiger partial charge is 0.331 e. The normalized spacial score (nSPS) is 15.6. The first-order chi connectivity index (χ1) is 12.5. The maximum Gasteiger partial charge on any atom is 0.331 e. The Morgan fingerprint density at radius 1 is 1.19 bits per heavy atom. The van der Waals surface area contributed by atoms with Crippen LogP contribution < -0.4 is 16.0 Å². The lowest BCUT2D eigenvalue weighted by molar-refractivity contribution is -0.146. The maximum absolute atomic E-state index is 12.7. The lowest BCUT2D eigenvalue weighted by atomic mass is 10.1. The molecule has 1 aliphatic rings. The van der Waals surface area contributed by atoms with Gasteiger partial charge in [-0.1, -0.05) is 12.1 Å². The number of carbonyl (C=O) groups is 2. The molecular formula is C18H18N2O6. The van der Waals surface area contributed by atoms with Crippen molar-refractivity contribution in [2.24, 2.45) is 5.92 Å². The zero-order valence-electron chi connectivity index (χ0n) is 14.4. The molecule has 0 fully saturated rings. The van der Waals surface area contributed by atoms with E-state index in [9.17, 15) is 19.2 Å². The van der Waals surface area contributed by atoms with Gasteiger partial charge in [0.2, 0.25) is 0 Å². The highest BCUT2D eigenvalue weighted by atomic mass is 16.5. The van der Waals surface area contributed by atoms with Crippen LogP contribution in [0.4, 0.5) is 0 Å². The molecule has 1 unspecified atom stereocenters. The van der Waals surface area contributed by atoms with E-state index in [2.05, 4.69) is 0 Å². The molecule has 2 aromatic rings. The molecular weight excluding hydrogens is 340 g/mol. The zero-order chi connectivity index (χ0) is 18.8. The molecule has 0 spiro atoms. The molecule has 1 atom stereocenters. The standard InChI is InChI=1S/C18H18N2O6/c1-3-26-17(23)13-10-19-14(16(13)22)8-15(21)20(18(19)24)9-11-4-6-12(25-2)7-5-11/h4-8,13H,3,9-10H2,1-2H3. The molecule has 2 heterocycles. The number of Topliss-reactive ketones (excluding diaryl/α,β-unsaturated/α-hetero) is 1. The second-order valence-corrected chi connectivity index (χ2v) is 5.86. The number of fused-ring (bicyclic) bond motifs is 1. The van der Waals surface area contributed by atoms with Gasteiger partial charge in [-0.3, -0.25) is 23.5 Å². The molecule has 0 N–H and O–H groups in total. The van der Waals surface area contributed by atoms with E-state index in [4.69, 9.17) is 9.47 Å². The molecule has 26 heavy (non-hydrogen) atoms. The van der Waals surface area contributed by atoms with Gasteiger partial charge in [0.15, 0.2) is 5.78 Å². The third kappa shape index (κ3) is 3.05. The molecule has 1 aromatic carbocycles. The minimum atomic E-state index is -1.08. The Morgan fingerprint density at radius 3 is 2.50 bits per heavy atom. The molecule has 0 saturated heterocycles. The Kier molecular flexibility index (Phi) is 4.75. The number of ether oxygens (including phenoxy) is 2. The molecule has 1 aromatic heterocycles. The fourth-order valence-electron chi connectivity index (χ4n) is 2.92. The Hall–Kier alpha value is -3.16. The number of esters is 1. The van der Waals surface area contributed by atoms with Gasteiger partial charge in [-0.05, 0) is 24.6 Å². The molecule has 0 aliphatic carbocycles. The van der Waals surface area contributed by atoms with Gasteiger partial charge in [-0.25, -0.2) is 4.79 Å². The molecule has 0 saturated carbocycles. The number of benzene rings is 1. The first-order valence-electron chi connectivity index (χ1n) is 8.14. The van der Waals surface area contributed by atoms with E-state index >= 15 is 0 Å². The van der Waals surface area contributed by atoms with Crippen LogP contribution in [0.25, 0.3) is 0 Å². The van der Waals surface area contributed by atoms with E-state index in [0.717, 1.165) is 20.8 Å². The van der Waals surface area contributed by atoms with Gasteiger partial charge in [-0.2, -0.15) is 0 Å². The Morgan fingerprint density at radius 2 is 1.88 bits per heavy atom. The van der Waals surface area contributed by atoms with Crippen LogP contribution in [0.2, 0.25) is 0 Å². The average molecular weight is 358 g/mol. The Bertz CT molecular complexity index is 971. The van der Waals surface area contributed by atoms with Gasteiger partial charge in [-0.15, -0.1) is 0 Å². The van der Waals surface area contributed by atoms with Crippen LogP contribution in [-0.4, -0.2) is 34.6 Å². The van der Waals surface area contributed by atoms with Crippen molar-refractivity contribution >= 4 is 11.8 Å². The van der Waals surface area contributed by atoms with Crippen molar-refractivity contribution < 1.29 is 19.1 Å². The largest absolute Gasteiger partial charge is 0.497 e. The Labute approximate surface area is 148 Å². The van der Waals surface area contributed by atoms with Gasteiger partial charge in [0.25, 0.3) is 5.56 Å². The number of ketones is 1. The van der Waals surface area contributed by atoms with E-state index in [1.807, 2.05) is 0 Å². The summed E-state index contributed by atoms with van der Waals surface area (Å²) in [6, 6.07) is 8.05. The van der Waals surface area contributed by atoms with Crippen molar-refractivity contribution in [2.75, 3.05) is 13.7 Å². The van der Waals surface area contributed by atoms with E-state index in [1.165, 1.54) is 0 Å². The second kappa shape index (κ2) is 6.99. The van der Waals surface area contributed by atoms with Crippen LogP contribution in [-0.2, 0) is 22.6 Å². The van der Waals surface area contributed by atoms with Crippen molar-refractivity contribution in [1.29, 1.82) is 0 Å². The molecule has 1 aliphatic heterocycles. The van der Waals surface area contributed by atoms with Gasteiger partial charge in [0.05, 0.1) is 26.0 Å². The summed E-state index contributed by atoms with van der Waals surface area (Å²) in [6.07, 6.45) is 0. The van der Waals surface area contributed by atoms with E-state index in [1.54, 1.807) is 38.3 Å². The third-order valence-electron chi connectivity index (χ3n) is 4.28. The summed E-state index contributed by atoms with van der Waals surface area (Å²) in [5.74, 6) is -1.67. The van der Waals surface area contributed by atoms with E-state index in [-0.39, 0.29) is 25.4 Å². The van der Waals surface area contributed by atoms with Crippen LogP contribution in [0, 0.1) is 5.92 Å². The lowest BCUT2D eigenvalue weighted by Crippen LogP contribution is -2.40. The lowest BCUT2D eigenvalue weighted by Gasteiger charge is -2.09. The monoisotopic (exact) mass is 358 g/mol. The summed E-state index contributed by atoms with van der Waals surface area (Å²) in [7, 11) is 1.55. The Balaban J connectivity index is 1.95.